The van der Waals surface area contributed by atoms with Gasteiger partial charge in [0, 0.05) is 29.8 Å². The SMILES string of the molecule is CC(C)N(C)c1ncc(Br)cc1[N+](=O)[O-]. The van der Waals surface area contributed by atoms with E-state index in [1.165, 1.54) is 6.07 Å². The first kappa shape index (κ1) is 11.9. The van der Waals surface area contributed by atoms with Crippen molar-refractivity contribution in [3.63, 3.8) is 0 Å². The van der Waals surface area contributed by atoms with E-state index < -0.39 is 4.92 Å². The summed E-state index contributed by atoms with van der Waals surface area (Å²) < 4.78 is 0.607. The molecular formula is C9H12BrN3O2. The molecule has 0 unspecified atom stereocenters. The maximum atomic E-state index is 10.8. The van der Waals surface area contributed by atoms with E-state index >= 15 is 0 Å². The third kappa shape index (κ3) is 2.65. The number of nitrogens with zero attached hydrogens (tertiary/aromatic N) is 3. The van der Waals surface area contributed by atoms with Crippen molar-refractivity contribution in [3.8, 4) is 0 Å². The summed E-state index contributed by atoms with van der Waals surface area (Å²) in [6.45, 7) is 3.90. The fourth-order valence-electron chi connectivity index (χ4n) is 1.07. The molecule has 0 bridgehead atoms. The second kappa shape index (κ2) is 4.57. The van der Waals surface area contributed by atoms with Crippen LogP contribution in [-0.4, -0.2) is 23.0 Å². The predicted octanol–water partition coefficient (Wildman–Crippen LogP) is 2.60. The average Bonchev–Trinajstić information content (AvgIpc) is 2.16. The fraction of sp³-hybridized carbons (Fsp3) is 0.444. The van der Waals surface area contributed by atoms with E-state index in [0.29, 0.717) is 10.3 Å². The monoisotopic (exact) mass is 273 g/mol. The Kier molecular flexibility index (Phi) is 3.62. The van der Waals surface area contributed by atoms with Gasteiger partial charge in [0.2, 0.25) is 5.82 Å². The number of halogens is 1. The minimum atomic E-state index is -0.425. The first-order chi connectivity index (χ1) is 6.93. The van der Waals surface area contributed by atoms with Crippen molar-refractivity contribution >= 4 is 27.4 Å². The van der Waals surface area contributed by atoms with Crippen molar-refractivity contribution in [2.75, 3.05) is 11.9 Å². The molecule has 1 aromatic heterocycles. The number of hydrogen-bond donors (Lipinski definition) is 0. The Bertz CT molecular complexity index is 382. The predicted molar refractivity (Wildman–Crippen MR) is 62.1 cm³/mol. The van der Waals surface area contributed by atoms with Gasteiger partial charge < -0.3 is 4.90 Å². The number of hydrogen-bond acceptors (Lipinski definition) is 4. The Morgan fingerprint density at radius 1 is 1.60 bits per heavy atom. The van der Waals surface area contributed by atoms with Gasteiger partial charge in [0.15, 0.2) is 0 Å². The second-order valence-corrected chi connectivity index (χ2v) is 4.37. The molecule has 0 aliphatic carbocycles. The maximum Gasteiger partial charge on any atom is 0.312 e. The van der Waals surface area contributed by atoms with E-state index in [-0.39, 0.29) is 11.7 Å². The van der Waals surface area contributed by atoms with Gasteiger partial charge >= 0.3 is 5.69 Å². The summed E-state index contributed by atoms with van der Waals surface area (Å²) >= 11 is 3.17. The zero-order valence-corrected chi connectivity index (χ0v) is 10.4. The van der Waals surface area contributed by atoms with Crippen LogP contribution in [0.25, 0.3) is 0 Å². The molecule has 0 aliphatic rings. The quantitative estimate of drug-likeness (QED) is 0.628. The van der Waals surface area contributed by atoms with Crippen LogP contribution in [0.5, 0.6) is 0 Å². The maximum absolute atomic E-state index is 10.8. The van der Waals surface area contributed by atoms with Gasteiger partial charge in [-0.2, -0.15) is 0 Å². The summed E-state index contributed by atoms with van der Waals surface area (Å²) in [5.41, 5.74) is 0.0144. The van der Waals surface area contributed by atoms with Crippen molar-refractivity contribution in [1.82, 2.24) is 4.98 Å². The number of nitro groups is 1. The second-order valence-electron chi connectivity index (χ2n) is 3.46. The molecule has 1 heterocycles. The van der Waals surface area contributed by atoms with Crippen molar-refractivity contribution in [1.29, 1.82) is 0 Å². The van der Waals surface area contributed by atoms with Crippen LogP contribution in [0.1, 0.15) is 13.8 Å². The zero-order valence-electron chi connectivity index (χ0n) is 8.77. The summed E-state index contributed by atoms with van der Waals surface area (Å²) in [7, 11) is 1.79. The molecule has 5 nitrogen and oxygen atoms in total. The Morgan fingerprint density at radius 3 is 2.67 bits per heavy atom. The van der Waals surface area contributed by atoms with E-state index in [2.05, 4.69) is 20.9 Å². The smallest absolute Gasteiger partial charge is 0.312 e. The van der Waals surface area contributed by atoms with Crippen LogP contribution in [0.15, 0.2) is 16.7 Å². The van der Waals surface area contributed by atoms with Crippen LogP contribution in [0.2, 0.25) is 0 Å². The summed E-state index contributed by atoms with van der Waals surface area (Å²) in [4.78, 5) is 16.2. The molecule has 1 aromatic rings. The fourth-order valence-corrected chi connectivity index (χ4v) is 1.39. The molecule has 82 valence electrons. The number of anilines is 1. The topological polar surface area (TPSA) is 59.3 Å². The van der Waals surface area contributed by atoms with Gasteiger partial charge in [0.25, 0.3) is 0 Å². The van der Waals surface area contributed by atoms with Crippen molar-refractivity contribution in [2.24, 2.45) is 0 Å². The Hall–Kier alpha value is -1.17. The lowest BCUT2D eigenvalue weighted by Crippen LogP contribution is -2.27. The molecule has 0 spiro atoms. The molecule has 0 N–H and O–H groups in total. The first-order valence-electron chi connectivity index (χ1n) is 4.46. The third-order valence-corrected chi connectivity index (χ3v) is 2.55. The van der Waals surface area contributed by atoms with Crippen LogP contribution in [-0.2, 0) is 0 Å². The van der Waals surface area contributed by atoms with Gasteiger partial charge in [-0.05, 0) is 29.8 Å². The van der Waals surface area contributed by atoms with Crippen LogP contribution >= 0.6 is 15.9 Å². The standard InChI is InChI=1S/C9H12BrN3O2/c1-6(2)12(3)9-8(13(14)15)4-7(10)5-11-9/h4-6H,1-3H3. The summed E-state index contributed by atoms with van der Waals surface area (Å²) in [6.07, 6.45) is 1.56. The lowest BCUT2D eigenvalue weighted by atomic mass is 10.3. The van der Waals surface area contributed by atoms with Gasteiger partial charge in [-0.1, -0.05) is 0 Å². The van der Waals surface area contributed by atoms with Crippen LogP contribution in [0.3, 0.4) is 0 Å². The number of aromatic nitrogens is 1. The van der Waals surface area contributed by atoms with E-state index in [0.717, 1.165) is 0 Å². The van der Waals surface area contributed by atoms with Crippen molar-refractivity contribution in [2.45, 2.75) is 19.9 Å². The molecular weight excluding hydrogens is 262 g/mol. The van der Waals surface area contributed by atoms with Gasteiger partial charge in [-0.15, -0.1) is 0 Å². The van der Waals surface area contributed by atoms with Gasteiger partial charge in [0.1, 0.15) is 0 Å². The van der Waals surface area contributed by atoms with Crippen LogP contribution in [0, 0.1) is 10.1 Å². The molecule has 0 aromatic carbocycles. The van der Waals surface area contributed by atoms with E-state index in [1.807, 2.05) is 13.8 Å². The van der Waals surface area contributed by atoms with Gasteiger partial charge in [-0.3, -0.25) is 10.1 Å². The summed E-state index contributed by atoms with van der Waals surface area (Å²) in [5.74, 6) is 0.387. The lowest BCUT2D eigenvalue weighted by molar-refractivity contribution is -0.384. The van der Waals surface area contributed by atoms with Crippen LogP contribution < -0.4 is 4.90 Å². The van der Waals surface area contributed by atoms with Crippen LogP contribution in [0.4, 0.5) is 11.5 Å². The average molecular weight is 274 g/mol. The molecule has 0 aliphatic heterocycles. The Balaban J connectivity index is 3.22. The Morgan fingerprint density at radius 2 is 2.20 bits per heavy atom. The van der Waals surface area contributed by atoms with E-state index in [4.69, 9.17) is 0 Å². The summed E-state index contributed by atoms with van der Waals surface area (Å²) in [5, 5.41) is 10.8. The van der Waals surface area contributed by atoms with Gasteiger partial charge in [0.05, 0.1) is 4.92 Å². The van der Waals surface area contributed by atoms with E-state index in [1.54, 1.807) is 18.1 Å². The van der Waals surface area contributed by atoms with Crippen molar-refractivity contribution < 1.29 is 4.92 Å². The largest absolute Gasteiger partial charge is 0.352 e. The zero-order chi connectivity index (χ0) is 11.6. The first-order valence-corrected chi connectivity index (χ1v) is 5.25. The molecule has 0 saturated carbocycles. The summed E-state index contributed by atoms with van der Waals surface area (Å²) in [6, 6.07) is 1.62. The normalized spacial score (nSPS) is 10.5. The molecule has 1 rings (SSSR count). The highest BCUT2D eigenvalue weighted by Crippen LogP contribution is 2.28. The highest BCUT2D eigenvalue weighted by Gasteiger charge is 2.20. The lowest BCUT2D eigenvalue weighted by Gasteiger charge is -2.21. The highest BCUT2D eigenvalue weighted by atomic mass is 79.9. The molecule has 0 fully saturated rings. The molecule has 0 radical (unpaired) electrons. The minimum absolute atomic E-state index is 0.0144. The van der Waals surface area contributed by atoms with E-state index in [9.17, 15) is 10.1 Å². The third-order valence-electron chi connectivity index (χ3n) is 2.12. The highest BCUT2D eigenvalue weighted by molar-refractivity contribution is 9.10. The molecule has 15 heavy (non-hydrogen) atoms. The Labute approximate surface area is 96.4 Å². The molecule has 0 saturated heterocycles. The molecule has 6 heteroatoms. The van der Waals surface area contributed by atoms with Crippen molar-refractivity contribution in [3.05, 3.63) is 26.9 Å². The number of pyridine rings is 1. The minimum Gasteiger partial charge on any atom is -0.352 e. The van der Waals surface area contributed by atoms with Gasteiger partial charge in [-0.25, -0.2) is 4.98 Å². The molecule has 0 amide bonds. The number of rotatable bonds is 3. The molecule has 0 atom stereocenters.